The highest BCUT2D eigenvalue weighted by Crippen LogP contribution is 2.32. The molecule has 6 heteroatoms. The molecule has 2 rings (SSSR count). The van der Waals surface area contributed by atoms with Crippen molar-refractivity contribution in [1.82, 2.24) is 10.2 Å². The maximum atomic E-state index is 11.5. The van der Waals surface area contributed by atoms with Gasteiger partial charge in [-0.15, -0.1) is 0 Å². The molecule has 0 saturated heterocycles. The van der Waals surface area contributed by atoms with Gasteiger partial charge < -0.3 is 9.84 Å². The number of aromatic carboxylic acids is 1. The van der Waals surface area contributed by atoms with Crippen molar-refractivity contribution in [2.24, 2.45) is 0 Å². The zero-order valence-corrected chi connectivity index (χ0v) is 10.8. The van der Waals surface area contributed by atoms with Gasteiger partial charge in [-0.25, -0.2) is 4.79 Å². The van der Waals surface area contributed by atoms with Crippen LogP contribution in [0.3, 0.4) is 0 Å². The summed E-state index contributed by atoms with van der Waals surface area (Å²) in [7, 11) is 1.50. The standard InChI is InChI=1S/C13H14N2O4/c1-6-4-8(9(19-3)5-7(6)2)11-10(13(17)18)12(16)15-14-11/h4-5H,1-3H3,(H,17,18)(H2,14,15,16). The number of hydrogen-bond donors (Lipinski definition) is 3. The Morgan fingerprint density at radius 1 is 1.21 bits per heavy atom. The summed E-state index contributed by atoms with van der Waals surface area (Å²) in [6.07, 6.45) is 0. The minimum atomic E-state index is -1.28. The molecule has 2 aromatic rings. The fraction of sp³-hybridized carbons (Fsp3) is 0.231. The van der Waals surface area contributed by atoms with Crippen LogP contribution in [0.1, 0.15) is 21.5 Å². The number of carboxylic acids is 1. The summed E-state index contributed by atoms with van der Waals surface area (Å²) >= 11 is 0. The Morgan fingerprint density at radius 2 is 1.84 bits per heavy atom. The third kappa shape index (κ3) is 2.12. The molecule has 0 fully saturated rings. The summed E-state index contributed by atoms with van der Waals surface area (Å²) in [6, 6.07) is 3.60. The Morgan fingerprint density at radius 3 is 2.42 bits per heavy atom. The van der Waals surface area contributed by atoms with Gasteiger partial charge in [0.25, 0.3) is 5.56 Å². The van der Waals surface area contributed by atoms with E-state index in [1.807, 2.05) is 19.9 Å². The number of carbonyl (C=O) groups is 1. The maximum absolute atomic E-state index is 11.5. The van der Waals surface area contributed by atoms with Gasteiger partial charge in [0.15, 0.2) is 5.56 Å². The van der Waals surface area contributed by atoms with Crippen LogP contribution in [0, 0.1) is 13.8 Å². The van der Waals surface area contributed by atoms with E-state index in [4.69, 9.17) is 9.84 Å². The molecule has 0 saturated carbocycles. The highest BCUT2D eigenvalue weighted by atomic mass is 16.5. The molecule has 1 aromatic heterocycles. The quantitative estimate of drug-likeness (QED) is 0.784. The Bertz CT molecular complexity index is 697. The average molecular weight is 262 g/mol. The van der Waals surface area contributed by atoms with Crippen LogP contribution < -0.4 is 10.3 Å². The third-order valence-electron chi connectivity index (χ3n) is 3.08. The first-order chi connectivity index (χ1) is 8.95. The molecule has 0 bridgehead atoms. The van der Waals surface area contributed by atoms with Crippen molar-refractivity contribution in [3.05, 3.63) is 39.2 Å². The van der Waals surface area contributed by atoms with Crippen LogP contribution in [-0.4, -0.2) is 28.4 Å². The fourth-order valence-corrected chi connectivity index (χ4v) is 1.92. The first-order valence-corrected chi connectivity index (χ1v) is 5.65. The van der Waals surface area contributed by atoms with Gasteiger partial charge in [-0.05, 0) is 37.1 Å². The molecule has 0 radical (unpaired) electrons. The van der Waals surface area contributed by atoms with Gasteiger partial charge in [-0.3, -0.25) is 15.0 Å². The molecule has 0 amide bonds. The van der Waals surface area contributed by atoms with Gasteiger partial charge in [0.05, 0.1) is 12.8 Å². The van der Waals surface area contributed by atoms with E-state index in [2.05, 4.69) is 10.2 Å². The zero-order chi connectivity index (χ0) is 14.2. The molecule has 19 heavy (non-hydrogen) atoms. The van der Waals surface area contributed by atoms with E-state index < -0.39 is 11.5 Å². The number of aromatic amines is 2. The SMILES string of the molecule is COc1cc(C)c(C)cc1-c1[nH][nH]c(=O)c1C(=O)O. The first-order valence-electron chi connectivity index (χ1n) is 5.65. The van der Waals surface area contributed by atoms with Gasteiger partial charge in [0.2, 0.25) is 0 Å². The van der Waals surface area contributed by atoms with Crippen LogP contribution >= 0.6 is 0 Å². The number of aryl methyl sites for hydroxylation is 2. The molecule has 100 valence electrons. The second-order valence-electron chi connectivity index (χ2n) is 4.27. The number of methoxy groups -OCH3 is 1. The summed E-state index contributed by atoms with van der Waals surface area (Å²) < 4.78 is 5.25. The van der Waals surface area contributed by atoms with Crippen LogP contribution in [0.15, 0.2) is 16.9 Å². The van der Waals surface area contributed by atoms with Crippen molar-refractivity contribution in [3.63, 3.8) is 0 Å². The molecule has 0 aliphatic rings. The number of carboxylic acid groups (broad SMARTS) is 1. The lowest BCUT2D eigenvalue weighted by Gasteiger charge is -2.11. The molecular weight excluding hydrogens is 248 g/mol. The molecule has 6 nitrogen and oxygen atoms in total. The van der Waals surface area contributed by atoms with E-state index in [1.54, 1.807) is 6.07 Å². The normalized spacial score (nSPS) is 10.5. The highest BCUT2D eigenvalue weighted by Gasteiger charge is 2.21. The van der Waals surface area contributed by atoms with Gasteiger partial charge in [0.1, 0.15) is 5.75 Å². The first kappa shape index (κ1) is 12.9. The van der Waals surface area contributed by atoms with Crippen LogP contribution in [0.5, 0.6) is 5.75 Å². The lowest BCUT2D eigenvalue weighted by atomic mass is 10.0. The van der Waals surface area contributed by atoms with Crippen molar-refractivity contribution < 1.29 is 14.6 Å². The van der Waals surface area contributed by atoms with Crippen molar-refractivity contribution in [1.29, 1.82) is 0 Å². The Balaban J connectivity index is 2.75. The predicted molar refractivity (Wildman–Crippen MR) is 69.8 cm³/mol. The summed E-state index contributed by atoms with van der Waals surface area (Å²) in [5.74, 6) is -0.765. The summed E-state index contributed by atoms with van der Waals surface area (Å²) in [6.45, 7) is 3.84. The van der Waals surface area contributed by atoms with Gasteiger partial charge in [0, 0.05) is 5.56 Å². The summed E-state index contributed by atoms with van der Waals surface area (Å²) in [5, 5.41) is 14.0. The number of rotatable bonds is 3. The topological polar surface area (TPSA) is 95.2 Å². The lowest BCUT2D eigenvalue weighted by molar-refractivity contribution is 0.0696. The van der Waals surface area contributed by atoms with Crippen LogP contribution in [0.25, 0.3) is 11.3 Å². The minimum Gasteiger partial charge on any atom is -0.496 e. The Kier molecular flexibility index (Phi) is 3.16. The number of aromatic nitrogens is 2. The van der Waals surface area contributed by atoms with Crippen LogP contribution in [-0.2, 0) is 0 Å². The van der Waals surface area contributed by atoms with E-state index in [1.165, 1.54) is 7.11 Å². The van der Waals surface area contributed by atoms with Crippen molar-refractivity contribution in [2.75, 3.05) is 7.11 Å². The number of ether oxygens (including phenoxy) is 1. The Labute approximate surface area is 109 Å². The molecule has 0 aliphatic carbocycles. The minimum absolute atomic E-state index is 0.220. The van der Waals surface area contributed by atoms with Crippen molar-refractivity contribution in [3.8, 4) is 17.0 Å². The highest BCUT2D eigenvalue weighted by molar-refractivity contribution is 5.95. The average Bonchev–Trinajstić information content (AvgIpc) is 2.74. The molecule has 3 N–H and O–H groups in total. The molecular formula is C13H14N2O4. The fourth-order valence-electron chi connectivity index (χ4n) is 1.92. The van der Waals surface area contributed by atoms with E-state index in [0.717, 1.165) is 11.1 Å². The zero-order valence-electron chi connectivity index (χ0n) is 10.8. The van der Waals surface area contributed by atoms with Gasteiger partial charge in [-0.2, -0.15) is 0 Å². The number of nitrogens with one attached hydrogen (secondary N) is 2. The molecule has 0 aliphatic heterocycles. The molecule has 0 atom stereocenters. The molecule has 0 unspecified atom stereocenters. The smallest absolute Gasteiger partial charge is 0.343 e. The lowest BCUT2D eigenvalue weighted by Crippen LogP contribution is -2.12. The van der Waals surface area contributed by atoms with E-state index in [0.29, 0.717) is 11.3 Å². The number of H-pyrrole nitrogens is 2. The van der Waals surface area contributed by atoms with Crippen molar-refractivity contribution in [2.45, 2.75) is 13.8 Å². The van der Waals surface area contributed by atoms with E-state index in [-0.39, 0.29) is 11.3 Å². The summed E-state index contributed by atoms with van der Waals surface area (Å²) in [4.78, 5) is 22.6. The van der Waals surface area contributed by atoms with Gasteiger partial charge in [-0.1, -0.05) is 0 Å². The van der Waals surface area contributed by atoms with Crippen LogP contribution in [0.2, 0.25) is 0 Å². The molecule has 0 spiro atoms. The van der Waals surface area contributed by atoms with E-state index in [9.17, 15) is 9.59 Å². The number of benzene rings is 1. The van der Waals surface area contributed by atoms with Crippen molar-refractivity contribution >= 4 is 5.97 Å². The second kappa shape index (κ2) is 4.64. The largest absolute Gasteiger partial charge is 0.496 e. The maximum Gasteiger partial charge on any atom is 0.343 e. The number of hydrogen-bond acceptors (Lipinski definition) is 3. The predicted octanol–water partition coefficient (Wildman–Crippen LogP) is 1.69. The third-order valence-corrected chi connectivity index (χ3v) is 3.08. The molecule has 1 aromatic carbocycles. The second-order valence-corrected chi connectivity index (χ2v) is 4.27. The molecule has 1 heterocycles. The monoisotopic (exact) mass is 262 g/mol. The van der Waals surface area contributed by atoms with Gasteiger partial charge >= 0.3 is 5.97 Å². The summed E-state index contributed by atoms with van der Waals surface area (Å²) in [5.41, 5.74) is 1.78. The van der Waals surface area contributed by atoms with Crippen LogP contribution in [0.4, 0.5) is 0 Å². The Hall–Kier alpha value is -2.50. The van der Waals surface area contributed by atoms with E-state index >= 15 is 0 Å².